The van der Waals surface area contributed by atoms with Crippen LogP contribution in [0.3, 0.4) is 0 Å². The van der Waals surface area contributed by atoms with Gasteiger partial charge in [0.1, 0.15) is 0 Å². The molecule has 0 aromatic heterocycles. The maximum absolute atomic E-state index is 12.5. The van der Waals surface area contributed by atoms with Crippen molar-refractivity contribution in [1.82, 2.24) is 4.90 Å². The maximum atomic E-state index is 12.5. The summed E-state index contributed by atoms with van der Waals surface area (Å²) in [6, 6.07) is 5.85. The zero-order chi connectivity index (χ0) is 14.0. The van der Waals surface area contributed by atoms with E-state index in [0.29, 0.717) is 5.41 Å². The largest absolute Gasteiger partial charge is 0.339 e. The second-order valence-electron chi connectivity index (χ2n) is 6.27. The quantitative estimate of drug-likeness (QED) is 0.749. The average molecular weight is 324 g/mol. The lowest BCUT2D eigenvalue weighted by Gasteiger charge is -2.23. The van der Waals surface area contributed by atoms with E-state index >= 15 is 0 Å². The first-order chi connectivity index (χ1) is 8.89. The van der Waals surface area contributed by atoms with Crippen LogP contribution >= 0.6 is 15.9 Å². The first kappa shape index (κ1) is 14.6. The van der Waals surface area contributed by atoms with Gasteiger partial charge in [-0.2, -0.15) is 0 Å². The number of hydrogen-bond donors (Lipinski definition) is 0. The molecule has 0 spiro atoms. The molecule has 104 valence electrons. The predicted octanol–water partition coefficient (Wildman–Crippen LogP) is 4.41. The smallest absolute Gasteiger partial charge is 0.253 e. The monoisotopic (exact) mass is 323 g/mol. The SMILES string of the molecule is Cc1cc(C(=O)N2CCCC(C)(C)CC2)ccc1Br. The molecule has 1 amide bonds. The Kier molecular flexibility index (Phi) is 4.34. The molecule has 2 nitrogen and oxygen atoms in total. The molecule has 2 rings (SSSR count). The zero-order valence-corrected chi connectivity index (χ0v) is 13.6. The summed E-state index contributed by atoms with van der Waals surface area (Å²) in [6.45, 7) is 8.38. The van der Waals surface area contributed by atoms with E-state index in [0.717, 1.165) is 41.5 Å². The fraction of sp³-hybridized carbons (Fsp3) is 0.562. The van der Waals surface area contributed by atoms with Gasteiger partial charge in [-0.05, 0) is 55.4 Å². The normalized spacial score (nSPS) is 19.1. The van der Waals surface area contributed by atoms with Crippen LogP contribution in [0.5, 0.6) is 0 Å². The van der Waals surface area contributed by atoms with Crippen LogP contribution in [0.2, 0.25) is 0 Å². The first-order valence-corrected chi connectivity index (χ1v) is 7.74. The van der Waals surface area contributed by atoms with E-state index in [9.17, 15) is 4.79 Å². The number of likely N-dealkylation sites (tertiary alicyclic amines) is 1. The topological polar surface area (TPSA) is 20.3 Å². The Balaban J connectivity index is 2.13. The van der Waals surface area contributed by atoms with E-state index in [4.69, 9.17) is 0 Å². The Hall–Kier alpha value is -0.830. The Labute approximate surface area is 124 Å². The minimum absolute atomic E-state index is 0.174. The Bertz CT molecular complexity index is 482. The van der Waals surface area contributed by atoms with Crippen molar-refractivity contribution in [2.24, 2.45) is 5.41 Å². The van der Waals surface area contributed by atoms with Gasteiger partial charge in [0.2, 0.25) is 0 Å². The number of rotatable bonds is 1. The summed E-state index contributed by atoms with van der Waals surface area (Å²) >= 11 is 3.48. The molecule has 0 atom stereocenters. The summed E-state index contributed by atoms with van der Waals surface area (Å²) in [5, 5.41) is 0. The molecule has 1 saturated heterocycles. The molecule has 1 aliphatic heterocycles. The Morgan fingerprint density at radius 1 is 1.26 bits per heavy atom. The van der Waals surface area contributed by atoms with E-state index in [1.165, 1.54) is 6.42 Å². The van der Waals surface area contributed by atoms with Crippen LogP contribution < -0.4 is 0 Å². The second-order valence-corrected chi connectivity index (χ2v) is 7.13. The Morgan fingerprint density at radius 2 is 2.00 bits per heavy atom. The summed E-state index contributed by atoms with van der Waals surface area (Å²) in [7, 11) is 0. The van der Waals surface area contributed by atoms with E-state index in [1.807, 2.05) is 30.0 Å². The molecule has 0 aliphatic carbocycles. The number of carbonyl (C=O) groups excluding carboxylic acids is 1. The number of halogens is 1. The van der Waals surface area contributed by atoms with Crippen LogP contribution in [0.4, 0.5) is 0 Å². The lowest BCUT2D eigenvalue weighted by Crippen LogP contribution is -2.32. The number of carbonyl (C=O) groups is 1. The van der Waals surface area contributed by atoms with E-state index in [-0.39, 0.29) is 5.91 Å². The molecule has 0 saturated carbocycles. The second kappa shape index (κ2) is 5.66. The minimum atomic E-state index is 0.174. The molecular weight excluding hydrogens is 302 g/mol. The molecular formula is C16H22BrNO. The molecule has 1 aromatic carbocycles. The van der Waals surface area contributed by atoms with Gasteiger partial charge in [-0.25, -0.2) is 0 Å². The minimum Gasteiger partial charge on any atom is -0.339 e. The highest BCUT2D eigenvalue weighted by Gasteiger charge is 2.25. The highest BCUT2D eigenvalue weighted by atomic mass is 79.9. The summed E-state index contributed by atoms with van der Waals surface area (Å²) < 4.78 is 1.06. The molecule has 1 aliphatic rings. The van der Waals surface area contributed by atoms with Gasteiger partial charge in [0.05, 0.1) is 0 Å². The fourth-order valence-corrected chi connectivity index (χ4v) is 2.83. The van der Waals surface area contributed by atoms with Gasteiger partial charge >= 0.3 is 0 Å². The molecule has 1 aromatic rings. The molecule has 3 heteroatoms. The van der Waals surface area contributed by atoms with Crippen molar-refractivity contribution in [3.05, 3.63) is 33.8 Å². The lowest BCUT2D eigenvalue weighted by molar-refractivity contribution is 0.0757. The zero-order valence-electron chi connectivity index (χ0n) is 12.0. The van der Waals surface area contributed by atoms with Crippen molar-refractivity contribution in [2.45, 2.75) is 40.0 Å². The summed E-state index contributed by atoms with van der Waals surface area (Å²) in [6.07, 6.45) is 3.40. The van der Waals surface area contributed by atoms with E-state index in [2.05, 4.69) is 29.8 Å². The van der Waals surface area contributed by atoms with Crippen LogP contribution in [-0.2, 0) is 0 Å². The number of amides is 1. The summed E-state index contributed by atoms with van der Waals surface area (Å²) in [5.74, 6) is 0.174. The highest BCUT2D eigenvalue weighted by Crippen LogP contribution is 2.30. The van der Waals surface area contributed by atoms with Gasteiger partial charge in [-0.15, -0.1) is 0 Å². The van der Waals surface area contributed by atoms with Crippen molar-refractivity contribution in [1.29, 1.82) is 0 Å². The molecule has 0 bridgehead atoms. The van der Waals surface area contributed by atoms with E-state index in [1.54, 1.807) is 0 Å². The van der Waals surface area contributed by atoms with Gasteiger partial charge in [0.25, 0.3) is 5.91 Å². The number of hydrogen-bond acceptors (Lipinski definition) is 1. The Morgan fingerprint density at radius 3 is 2.68 bits per heavy atom. The van der Waals surface area contributed by atoms with Gasteiger partial charge < -0.3 is 4.90 Å². The van der Waals surface area contributed by atoms with Crippen molar-refractivity contribution >= 4 is 21.8 Å². The summed E-state index contributed by atoms with van der Waals surface area (Å²) in [5.41, 5.74) is 2.28. The van der Waals surface area contributed by atoms with Crippen LogP contribution in [0.1, 0.15) is 49.0 Å². The van der Waals surface area contributed by atoms with Gasteiger partial charge in [-0.1, -0.05) is 29.8 Å². The highest BCUT2D eigenvalue weighted by molar-refractivity contribution is 9.10. The molecule has 0 unspecified atom stereocenters. The molecule has 1 heterocycles. The number of nitrogens with zero attached hydrogens (tertiary/aromatic N) is 1. The fourth-order valence-electron chi connectivity index (χ4n) is 2.59. The molecule has 19 heavy (non-hydrogen) atoms. The van der Waals surface area contributed by atoms with Crippen LogP contribution in [0, 0.1) is 12.3 Å². The van der Waals surface area contributed by atoms with Crippen LogP contribution in [-0.4, -0.2) is 23.9 Å². The van der Waals surface area contributed by atoms with Gasteiger partial charge in [0, 0.05) is 23.1 Å². The summed E-state index contributed by atoms with van der Waals surface area (Å²) in [4.78, 5) is 14.5. The maximum Gasteiger partial charge on any atom is 0.253 e. The number of aryl methyl sites for hydroxylation is 1. The molecule has 0 N–H and O–H groups in total. The van der Waals surface area contributed by atoms with Crippen molar-refractivity contribution in [2.75, 3.05) is 13.1 Å². The predicted molar refractivity (Wildman–Crippen MR) is 82.4 cm³/mol. The third kappa shape index (κ3) is 3.59. The molecule has 1 fully saturated rings. The number of benzene rings is 1. The van der Waals surface area contributed by atoms with Gasteiger partial charge in [-0.3, -0.25) is 4.79 Å². The third-order valence-corrected chi connectivity index (χ3v) is 4.92. The first-order valence-electron chi connectivity index (χ1n) is 6.94. The molecule has 0 radical (unpaired) electrons. The van der Waals surface area contributed by atoms with Crippen LogP contribution in [0.15, 0.2) is 22.7 Å². The van der Waals surface area contributed by atoms with Crippen molar-refractivity contribution in [3.8, 4) is 0 Å². The van der Waals surface area contributed by atoms with Crippen molar-refractivity contribution in [3.63, 3.8) is 0 Å². The van der Waals surface area contributed by atoms with Crippen LogP contribution in [0.25, 0.3) is 0 Å². The third-order valence-electron chi connectivity index (χ3n) is 4.03. The van der Waals surface area contributed by atoms with Gasteiger partial charge in [0.15, 0.2) is 0 Å². The average Bonchev–Trinajstić information content (AvgIpc) is 2.53. The van der Waals surface area contributed by atoms with E-state index < -0.39 is 0 Å². The standard InChI is InChI=1S/C16H22BrNO/c1-12-11-13(5-6-14(12)17)15(19)18-9-4-7-16(2,3)8-10-18/h5-6,11H,4,7-10H2,1-3H3. The van der Waals surface area contributed by atoms with Crippen molar-refractivity contribution < 1.29 is 4.79 Å². The lowest BCUT2D eigenvalue weighted by atomic mass is 9.85.